The molecular formula is C7H8N2O2Si. The quantitative estimate of drug-likeness (QED) is 0.613. The van der Waals surface area contributed by atoms with Crippen LogP contribution < -0.4 is 5.45 Å². The van der Waals surface area contributed by atoms with Gasteiger partial charge >= 0.3 is 5.97 Å². The molecule has 0 aliphatic rings. The van der Waals surface area contributed by atoms with Crippen molar-refractivity contribution in [3.63, 3.8) is 0 Å². The minimum atomic E-state index is -1.02. The van der Waals surface area contributed by atoms with Gasteiger partial charge in [0.15, 0.2) is 5.69 Å². The largest absolute Gasteiger partial charge is 0.477 e. The summed E-state index contributed by atoms with van der Waals surface area (Å²) >= 11 is 0. The van der Waals surface area contributed by atoms with Crippen LogP contribution in [-0.2, 0) is 0 Å². The van der Waals surface area contributed by atoms with Crippen LogP contribution in [0.4, 0.5) is 0 Å². The summed E-state index contributed by atoms with van der Waals surface area (Å²) in [5.74, 6) is -1.02. The average Bonchev–Trinajstić information content (AvgIpc) is 2.05. The summed E-state index contributed by atoms with van der Waals surface area (Å²) in [6, 6.07) is 1.38. The normalized spacial score (nSPS) is 10.3. The molecule has 4 nitrogen and oxygen atoms in total. The first-order chi connectivity index (χ1) is 5.74. The number of aromatic nitrogens is 2. The van der Waals surface area contributed by atoms with E-state index in [0.717, 1.165) is 0 Å². The molecule has 0 aliphatic heterocycles. The molecule has 12 heavy (non-hydrogen) atoms. The Labute approximate surface area is 71.8 Å². The molecule has 1 N–H and O–H groups in total. The molecule has 0 saturated heterocycles. The highest BCUT2D eigenvalue weighted by atomic mass is 28.2. The molecule has 1 aromatic heterocycles. The minimum absolute atomic E-state index is 0.0503. The van der Waals surface area contributed by atoms with E-state index in [2.05, 4.69) is 16.5 Å². The van der Waals surface area contributed by atoms with Gasteiger partial charge in [0.05, 0.1) is 0 Å². The Morgan fingerprint density at radius 2 is 2.50 bits per heavy atom. The van der Waals surface area contributed by atoms with Gasteiger partial charge in [-0.25, -0.2) is 14.8 Å². The van der Waals surface area contributed by atoms with Crippen molar-refractivity contribution in [2.24, 2.45) is 0 Å². The second-order valence-electron chi connectivity index (χ2n) is 2.16. The summed E-state index contributed by atoms with van der Waals surface area (Å²) in [7, 11) is -0.676. The van der Waals surface area contributed by atoms with E-state index in [9.17, 15) is 4.79 Å². The molecule has 0 amide bonds. The molecule has 1 aromatic rings. The van der Waals surface area contributed by atoms with Crippen molar-refractivity contribution < 1.29 is 9.90 Å². The maximum Gasteiger partial charge on any atom is 0.354 e. The van der Waals surface area contributed by atoms with Crippen molar-refractivity contribution in [1.82, 2.24) is 9.97 Å². The van der Waals surface area contributed by atoms with Gasteiger partial charge in [-0.05, 0) is 6.07 Å². The molecule has 1 heterocycles. The average molecular weight is 180 g/mol. The van der Waals surface area contributed by atoms with Gasteiger partial charge in [-0.1, -0.05) is 0 Å². The van der Waals surface area contributed by atoms with Gasteiger partial charge in [0, 0.05) is 6.20 Å². The zero-order chi connectivity index (χ0) is 8.97. The number of hydrogen-bond acceptors (Lipinski definition) is 3. The Morgan fingerprint density at radius 1 is 1.75 bits per heavy atom. The first kappa shape index (κ1) is 8.60. The van der Waals surface area contributed by atoms with E-state index < -0.39 is 15.5 Å². The zero-order valence-electron chi connectivity index (χ0n) is 6.40. The fourth-order valence-electron chi connectivity index (χ4n) is 0.746. The molecule has 0 aliphatic carbocycles. The Balaban J connectivity index is 2.95. The first-order valence-electron chi connectivity index (χ1n) is 3.40. The molecule has 0 unspecified atom stereocenters. The molecule has 0 atom stereocenters. The molecule has 0 bridgehead atoms. The summed E-state index contributed by atoms with van der Waals surface area (Å²) in [5.41, 5.74) is 2.43. The predicted octanol–water partition coefficient (Wildman–Crippen LogP) is -0.888. The topological polar surface area (TPSA) is 63.1 Å². The lowest BCUT2D eigenvalue weighted by Crippen LogP contribution is -2.23. The molecule has 1 rings (SSSR count). The van der Waals surface area contributed by atoms with Crippen LogP contribution in [0.1, 0.15) is 10.5 Å². The van der Waals surface area contributed by atoms with Crippen LogP contribution in [-0.4, -0.2) is 30.6 Å². The van der Waals surface area contributed by atoms with E-state index >= 15 is 0 Å². The third-order valence-electron chi connectivity index (χ3n) is 1.25. The SMILES string of the molecule is C=C[SiH2]c1nccc(C(=O)O)n1. The van der Waals surface area contributed by atoms with Gasteiger partial charge in [-0.15, -0.1) is 12.3 Å². The Bertz CT molecular complexity index is 314. The number of carbonyl (C=O) groups is 1. The maximum atomic E-state index is 10.5. The second-order valence-corrected chi connectivity index (χ2v) is 3.77. The van der Waals surface area contributed by atoms with E-state index in [4.69, 9.17) is 5.11 Å². The van der Waals surface area contributed by atoms with Gasteiger partial charge in [0.25, 0.3) is 0 Å². The van der Waals surface area contributed by atoms with E-state index in [1.807, 2.05) is 0 Å². The van der Waals surface area contributed by atoms with Gasteiger partial charge in [-0.2, -0.15) is 0 Å². The zero-order valence-corrected chi connectivity index (χ0v) is 7.81. The number of carboxylic acids is 1. The maximum absolute atomic E-state index is 10.5. The number of carboxylic acid groups (broad SMARTS) is 1. The lowest BCUT2D eigenvalue weighted by molar-refractivity contribution is 0.0690. The predicted molar refractivity (Wildman–Crippen MR) is 47.4 cm³/mol. The summed E-state index contributed by atoms with van der Waals surface area (Å²) < 4.78 is 0. The van der Waals surface area contributed by atoms with Crippen molar-refractivity contribution in [3.05, 3.63) is 30.2 Å². The molecule has 0 aromatic carbocycles. The highest BCUT2D eigenvalue weighted by Gasteiger charge is 2.04. The van der Waals surface area contributed by atoms with Crippen LogP contribution in [0, 0.1) is 0 Å². The molecular weight excluding hydrogens is 172 g/mol. The van der Waals surface area contributed by atoms with Gasteiger partial charge < -0.3 is 5.11 Å². The number of aromatic carboxylic acids is 1. The third kappa shape index (κ3) is 1.99. The first-order valence-corrected chi connectivity index (χ1v) is 4.92. The molecule has 0 radical (unpaired) electrons. The summed E-state index contributed by atoms with van der Waals surface area (Å²) in [5, 5.41) is 8.58. The van der Waals surface area contributed by atoms with Crippen molar-refractivity contribution in [2.75, 3.05) is 0 Å². The molecule has 62 valence electrons. The van der Waals surface area contributed by atoms with Crippen molar-refractivity contribution in [2.45, 2.75) is 0 Å². The van der Waals surface area contributed by atoms with Gasteiger partial charge in [-0.3, -0.25) is 0 Å². The molecule has 0 fully saturated rings. The van der Waals surface area contributed by atoms with Gasteiger partial charge in [0.2, 0.25) is 0 Å². The lowest BCUT2D eigenvalue weighted by atomic mass is 10.4. The fraction of sp³-hybridized carbons (Fsp3) is 0. The van der Waals surface area contributed by atoms with Gasteiger partial charge in [0.1, 0.15) is 15.0 Å². The van der Waals surface area contributed by atoms with Crippen LogP contribution >= 0.6 is 0 Å². The minimum Gasteiger partial charge on any atom is -0.477 e. The highest BCUT2D eigenvalue weighted by Crippen LogP contribution is 1.87. The fourth-order valence-corrected chi connectivity index (χ4v) is 1.48. The Kier molecular flexibility index (Phi) is 2.70. The molecule has 0 saturated carbocycles. The van der Waals surface area contributed by atoms with E-state index in [0.29, 0.717) is 5.45 Å². The lowest BCUT2D eigenvalue weighted by Gasteiger charge is -1.95. The number of nitrogens with zero attached hydrogens (tertiary/aromatic N) is 2. The second kappa shape index (κ2) is 3.77. The Hall–Kier alpha value is -1.49. The van der Waals surface area contributed by atoms with Crippen molar-refractivity contribution in [1.29, 1.82) is 0 Å². The van der Waals surface area contributed by atoms with Crippen LogP contribution in [0.2, 0.25) is 0 Å². The summed E-state index contributed by atoms with van der Waals surface area (Å²) in [4.78, 5) is 18.2. The van der Waals surface area contributed by atoms with Crippen molar-refractivity contribution >= 4 is 20.9 Å². The monoisotopic (exact) mass is 180 g/mol. The summed E-state index contributed by atoms with van der Waals surface area (Å²) in [6.07, 6.45) is 1.46. The van der Waals surface area contributed by atoms with Crippen LogP contribution in [0.15, 0.2) is 24.5 Å². The van der Waals surface area contributed by atoms with E-state index in [-0.39, 0.29) is 5.69 Å². The Morgan fingerprint density at radius 3 is 3.08 bits per heavy atom. The summed E-state index contributed by atoms with van der Waals surface area (Å²) in [6.45, 7) is 3.56. The van der Waals surface area contributed by atoms with Crippen LogP contribution in [0.5, 0.6) is 0 Å². The molecule has 0 spiro atoms. The highest BCUT2D eigenvalue weighted by molar-refractivity contribution is 6.56. The molecule has 5 heteroatoms. The third-order valence-corrected chi connectivity index (χ3v) is 2.25. The van der Waals surface area contributed by atoms with Crippen LogP contribution in [0.3, 0.4) is 0 Å². The van der Waals surface area contributed by atoms with E-state index in [1.54, 1.807) is 5.70 Å². The number of hydrogen-bond donors (Lipinski definition) is 1. The van der Waals surface area contributed by atoms with Crippen LogP contribution in [0.25, 0.3) is 0 Å². The standard InChI is InChI=1S/C7H8N2O2Si/c1-2-12-7-8-4-3-5(9-7)6(10)11/h2-4H,1,12H2,(H,10,11). The smallest absolute Gasteiger partial charge is 0.354 e. The van der Waals surface area contributed by atoms with Crippen molar-refractivity contribution in [3.8, 4) is 0 Å². The number of rotatable bonds is 3. The van der Waals surface area contributed by atoms with E-state index in [1.165, 1.54) is 12.3 Å².